The summed E-state index contributed by atoms with van der Waals surface area (Å²) in [6.45, 7) is 0.114. The molecule has 0 saturated carbocycles. The van der Waals surface area contributed by atoms with Gasteiger partial charge >= 0.3 is 6.18 Å². The molecule has 0 bridgehead atoms. The second-order valence-corrected chi connectivity index (χ2v) is 9.60. The highest BCUT2D eigenvalue weighted by atomic mass is 35.5. The molecule has 1 amide bonds. The smallest absolute Gasteiger partial charge is 0.350 e. The van der Waals surface area contributed by atoms with E-state index in [2.05, 4.69) is 15.3 Å². The second kappa shape index (κ2) is 8.60. The quantitative estimate of drug-likeness (QED) is 0.592. The average molecular weight is 494 g/mol. The molecule has 1 aliphatic rings. The number of sulfone groups is 1. The van der Waals surface area contributed by atoms with Crippen LogP contribution in [0.4, 0.5) is 13.2 Å². The summed E-state index contributed by atoms with van der Waals surface area (Å²) in [5.41, 5.74) is -0.554. The lowest BCUT2D eigenvalue weighted by atomic mass is 10.2. The maximum Gasteiger partial charge on any atom is 0.416 e. The third kappa shape index (κ3) is 4.91. The fraction of sp³-hybridized carbons (Fsp3) is 0.136. The predicted octanol–water partition coefficient (Wildman–Crippen LogP) is 2.69. The molecule has 0 aliphatic carbocycles. The minimum absolute atomic E-state index is 0.114. The molecule has 2 aromatic carbocycles. The van der Waals surface area contributed by atoms with Crippen molar-refractivity contribution in [3.8, 4) is 0 Å². The number of benzene rings is 2. The summed E-state index contributed by atoms with van der Waals surface area (Å²) in [4.78, 5) is 19.9. The van der Waals surface area contributed by atoms with Crippen LogP contribution in [0.3, 0.4) is 0 Å². The molecule has 0 spiro atoms. The molecule has 11 heteroatoms. The minimum atomic E-state index is -4.74. The Morgan fingerprint density at radius 2 is 1.79 bits per heavy atom. The van der Waals surface area contributed by atoms with Gasteiger partial charge in [-0.05, 0) is 48.0 Å². The standard InChI is InChI=1S/C22H15ClF3N3O3S/c23-16-8-15(22(24,25)26)9-18(10-16)33(31,32)17-3-1-13(2-4-17)11-28-21(30)20-7-14-12-27-6-5-19(14)29-20/h1-10,12,20H,11H2,(H,28,30). The van der Waals surface area contributed by atoms with Gasteiger partial charge in [-0.25, -0.2) is 8.42 Å². The number of hydrogen-bond donors (Lipinski definition) is 1. The Balaban J connectivity index is 1.48. The first-order valence-corrected chi connectivity index (χ1v) is 11.4. The summed E-state index contributed by atoms with van der Waals surface area (Å²) >= 11 is 5.71. The van der Waals surface area contributed by atoms with E-state index < -0.39 is 32.5 Å². The zero-order chi connectivity index (χ0) is 23.8. The van der Waals surface area contributed by atoms with Gasteiger partial charge in [0.25, 0.3) is 0 Å². The van der Waals surface area contributed by atoms with Crippen LogP contribution in [-0.4, -0.2) is 25.4 Å². The van der Waals surface area contributed by atoms with Gasteiger partial charge in [-0.2, -0.15) is 13.2 Å². The van der Waals surface area contributed by atoms with Crippen LogP contribution < -0.4 is 15.9 Å². The van der Waals surface area contributed by atoms with E-state index in [0.717, 1.165) is 11.3 Å². The fourth-order valence-electron chi connectivity index (χ4n) is 3.23. The number of hydrogen-bond acceptors (Lipinski definition) is 5. The van der Waals surface area contributed by atoms with Crippen molar-refractivity contribution in [3.05, 3.63) is 87.7 Å². The number of nitrogens with one attached hydrogen (secondary N) is 1. The lowest BCUT2D eigenvalue weighted by molar-refractivity contribution is -0.137. The molecule has 1 atom stereocenters. The van der Waals surface area contributed by atoms with Crippen molar-refractivity contribution in [2.45, 2.75) is 28.6 Å². The molecule has 1 unspecified atom stereocenters. The van der Waals surface area contributed by atoms with Gasteiger partial charge in [0.05, 0.1) is 20.7 Å². The molecule has 33 heavy (non-hydrogen) atoms. The molecule has 6 nitrogen and oxygen atoms in total. The van der Waals surface area contributed by atoms with Gasteiger partial charge in [0.1, 0.15) is 6.04 Å². The first-order valence-electron chi connectivity index (χ1n) is 9.53. The van der Waals surface area contributed by atoms with Crippen molar-refractivity contribution < 1.29 is 26.4 Å². The van der Waals surface area contributed by atoms with Crippen molar-refractivity contribution >= 4 is 33.4 Å². The number of amides is 1. The van der Waals surface area contributed by atoms with Crippen molar-refractivity contribution in [2.24, 2.45) is 4.99 Å². The largest absolute Gasteiger partial charge is 0.416 e. The van der Waals surface area contributed by atoms with Crippen LogP contribution in [0, 0.1) is 0 Å². The van der Waals surface area contributed by atoms with E-state index in [1.807, 2.05) is 0 Å². The SMILES string of the molecule is O=C(NCc1ccc(S(=O)(=O)c2cc(Cl)cc(C(F)(F)F)c2)cc1)C1C=c2cnccc2=N1. The predicted molar refractivity (Wildman–Crippen MR) is 113 cm³/mol. The van der Waals surface area contributed by atoms with Gasteiger partial charge in [-0.3, -0.25) is 14.8 Å². The molecule has 1 aromatic heterocycles. The molecule has 1 N–H and O–H groups in total. The lowest BCUT2D eigenvalue weighted by Gasteiger charge is -2.11. The number of halogens is 4. The lowest BCUT2D eigenvalue weighted by Crippen LogP contribution is -2.31. The molecule has 0 radical (unpaired) electrons. The Labute approximate surface area is 191 Å². The molecular weight excluding hydrogens is 479 g/mol. The fourth-order valence-corrected chi connectivity index (χ4v) is 4.87. The van der Waals surface area contributed by atoms with E-state index in [0.29, 0.717) is 23.1 Å². The number of fused-ring (bicyclic) bond motifs is 1. The minimum Gasteiger partial charge on any atom is -0.350 e. The normalized spacial score (nSPS) is 15.3. The number of carbonyl (C=O) groups excluding carboxylic acids is 1. The summed E-state index contributed by atoms with van der Waals surface area (Å²) in [5, 5.41) is 3.82. The van der Waals surface area contributed by atoms with Crippen molar-refractivity contribution in [3.63, 3.8) is 0 Å². The maximum absolute atomic E-state index is 13.0. The van der Waals surface area contributed by atoms with Crippen LogP contribution in [0.1, 0.15) is 11.1 Å². The highest BCUT2D eigenvalue weighted by Crippen LogP contribution is 2.34. The molecule has 0 fully saturated rings. The van der Waals surface area contributed by atoms with Crippen LogP contribution in [-0.2, 0) is 27.4 Å². The Morgan fingerprint density at radius 3 is 2.45 bits per heavy atom. The molecular formula is C22H15ClF3N3O3S. The number of rotatable bonds is 5. The monoisotopic (exact) mass is 493 g/mol. The van der Waals surface area contributed by atoms with E-state index in [4.69, 9.17) is 11.6 Å². The van der Waals surface area contributed by atoms with Gasteiger partial charge in [-0.1, -0.05) is 23.7 Å². The Morgan fingerprint density at radius 1 is 1.06 bits per heavy atom. The van der Waals surface area contributed by atoms with Crippen LogP contribution in [0.25, 0.3) is 6.08 Å². The number of aromatic nitrogens is 1. The summed E-state index contributed by atoms with van der Waals surface area (Å²) in [6, 6.07) is 8.66. The summed E-state index contributed by atoms with van der Waals surface area (Å²) < 4.78 is 64.7. The van der Waals surface area contributed by atoms with Crippen LogP contribution in [0.15, 0.2) is 75.7 Å². The topological polar surface area (TPSA) is 88.5 Å². The highest BCUT2D eigenvalue weighted by molar-refractivity contribution is 7.91. The first kappa shape index (κ1) is 22.9. The van der Waals surface area contributed by atoms with Crippen molar-refractivity contribution in [1.82, 2.24) is 10.3 Å². The van der Waals surface area contributed by atoms with Gasteiger partial charge < -0.3 is 5.32 Å². The van der Waals surface area contributed by atoms with Gasteiger partial charge in [-0.15, -0.1) is 0 Å². The second-order valence-electron chi connectivity index (χ2n) is 7.21. The third-order valence-corrected chi connectivity index (χ3v) is 6.89. The van der Waals surface area contributed by atoms with E-state index in [1.54, 1.807) is 24.5 Å². The molecule has 2 heterocycles. The molecule has 0 saturated heterocycles. The van der Waals surface area contributed by atoms with E-state index in [1.165, 1.54) is 24.3 Å². The van der Waals surface area contributed by atoms with Crippen molar-refractivity contribution in [2.75, 3.05) is 0 Å². The highest BCUT2D eigenvalue weighted by Gasteiger charge is 2.33. The van der Waals surface area contributed by atoms with Crippen LogP contribution in [0.2, 0.25) is 5.02 Å². The number of carbonyl (C=O) groups is 1. The van der Waals surface area contributed by atoms with Crippen LogP contribution >= 0.6 is 11.6 Å². The number of alkyl halides is 3. The van der Waals surface area contributed by atoms with E-state index >= 15 is 0 Å². The zero-order valence-corrected chi connectivity index (χ0v) is 18.2. The molecule has 4 rings (SSSR count). The van der Waals surface area contributed by atoms with Crippen molar-refractivity contribution in [1.29, 1.82) is 0 Å². The zero-order valence-electron chi connectivity index (χ0n) is 16.7. The first-order chi connectivity index (χ1) is 15.5. The summed E-state index contributed by atoms with van der Waals surface area (Å²) in [5.74, 6) is -0.332. The Hall–Kier alpha value is -3.24. The molecule has 3 aromatic rings. The van der Waals surface area contributed by atoms with Crippen LogP contribution in [0.5, 0.6) is 0 Å². The van der Waals surface area contributed by atoms with E-state index in [9.17, 15) is 26.4 Å². The third-order valence-electron chi connectivity index (χ3n) is 4.92. The van der Waals surface area contributed by atoms with Gasteiger partial charge in [0.15, 0.2) is 0 Å². The van der Waals surface area contributed by atoms with Gasteiger partial charge in [0, 0.05) is 29.2 Å². The maximum atomic E-state index is 13.0. The number of pyridine rings is 1. The summed E-state index contributed by atoms with van der Waals surface area (Å²) in [6.07, 6.45) is 0.147. The summed E-state index contributed by atoms with van der Waals surface area (Å²) in [7, 11) is -4.23. The number of nitrogens with zero attached hydrogens (tertiary/aromatic N) is 2. The van der Waals surface area contributed by atoms with Gasteiger partial charge in [0.2, 0.25) is 15.7 Å². The van der Waals surface area contributed by atoms with E-state index in [-0.39, 0.29) is 22.4 Å². The molecule has 170 valence electrons. The Bertz CT molecular complexity index is 1420. The average Bonchev–Trinajstić information content (AvgIpc) is 3.21. The molecule has 1 aliphatic heterocycles. The Kier molecular flexibility index (Phi) is 5.98.